The molecule has 10 heavy (non-hydrogen) atoms. The van der Waals surface area contributed by atoms with Gasteiger partial charge in [0.2, 0.25) is 0 Å². The first-order valence-electron chi connectivity index (χ1n) is 2.61. The number of rotatable bonds is 1. The SMILES string of the molecule is Cc1[nH]nc(Br)c1C(F)F. The Morgan fingerprint density at radius 1 is 1.60 bits per heavy atom. The van der Waals surface area contributed by atoms with Crippen molar-refractivity contribution in [3.63, 3.8) is 0 Å². The molecule has 0 aromatic carbocycles. The number of aromatic amines is 1. The van der Waals surface area contributed by atoms with Crippen molar-refractivity contribution in [1.29, 1.82) is 0 Å². The lowest BCUT2D eigenvalue weighted by Crippen LogP contribution is -1.84. The van der Waals surface area contributed by atoms with Gasteiger partial charge in [0.15, 0.2) is 0 Å². The molecule has 0 saturated heterocycles. The third-order valence-corrected chi connectivity index (χ3v) is 1.77. The Balaban J connectivity index is 3.10. The summed E-state index contributed by atoms with van der Waals surface area (Å²) in [5, 5.41) is 5.99. The average Bonchev–Trinajstić information content (AvgIpc) is 2.11. The van der Waals surface area contributed by atoms with Gasteiger partial charge < -0.3 is 0 Å². The van der Waals surface area contributed by atoms with Crippen LogP contribution in [-0.4, -0.2) is 10.2 Å². The van der Waals surface area contributed by atoms with Gasteiger partial charge in [0, 0.05) is 5.69 Å². The van der Waals surface area contributed by atoms with E-state index in [-0.39, 0.29) is 10.2 Å². The summed E-state index contributed by atoms with van der Waals surface area (Å²) in [4.78, 5) is 0. The third-order valence-electron chi connectivity index (χ3n) is 1.17. The van der Waals surface area contributed by atoms with Gasteiger partial charge in [-0.3, -0.25) is 5.10 Å². The molecule has 0 atom stereocenters. The molecular weight excluding hydrogens is 206 g/mol. The number of hydrogen-bond donors (Lipinski definition) is 1. The molecule has 0 bridgehead atoms. The summed E-state index contributed by atoms with van der Waals surface area (Å²) in [5.74, 6) is 0. The van der Waals surface area contributed by atoms with Crippen molar-refractivity contribution < 1.29 is 8.78 Å². The highest BCUT2D eigenvalue weighted by atomic mass is 79.9. The van der Waals surface area contributed by atoms with Crippen molar-refractivity contribution >= 4 is 15.9 Å². The van der Waals surface area contributed by atoms with E-state index in [0.717, 1.165) is 0 Å². The molecule has 0 spiro atoms. The molecule has 0 radical (unpaired) electrons. The summed E-state index contributed by atoms with van der Waals surface area (Å²) in [6.45, 7) is 1.55. The van der Waals surface area contributed by atoms with Crippen LogP contribution < -0.4 is 0 Å². The van der Waals surface area contributed by atoms with Crippen molar-refractivity contribution in [2.75, 3.05) is 0 Å². The molecule has 0 aliphatic heterocycles. The highest BCUT2D eigenvalue weighted by molar-refractivity contribution is 9.10. The molecule has 0 amide bonds. The number of H-pyrrole nitrogens is 1. The molecule has 0 aliphatic carbocycles. The first kappa shape index (κ1) is 7.65. The summed E-state index contributed by atoms with van der Waals surface area (Å²) in [6.07, 6.45) is -2.46. The molecule has 56 valence electrons. The maximum absolute atomic E-state index is 12.0. The fraction of sp³-hybridized carbons (Fsp3) is 0.400. The van der Waals surface area contributed by atoms with Gasteiger partial charge in [-0.05, 0) is 22.9 Å². The molecule has 1 N–H and O–H groups in total. The van der Waals surface area contributed by atoms with E-state index < -0.39 is 6.43 Å². The first-order chi connectivity index (χ1) is 4.63. The minimum absolute atomic E-state index is 0.0556. The van der Waals surface area contributed by atoms with E-state index in [9.17, 15) is 8.78 Å². The second-order valence-electron chi connectivity index (χ2n) is 1.85. The van der Waals surface area contributed by atoms with Crippen LogP contribution >= 0.6 is 15.9 Å². The average molecular weight is 211 g/mol. The number of aromatic nitrogens is 2. The number of aryl methyl sites for hydroxylation is 1. The second kappa shape index (κ2) is 2.65. The van der Waals surface area contributed by atoms with Gasteiger partial charge in [0.25, 0.3) is 6.43 Å². The van der Waals surface area contributed by atoms with E-state index >= 15 is 0 Å². The lowest BCUT2D eigenvalue weighted by Gasteiger charge is -1.94. The minimum Gasteiger partial charge on any atom is -0.281 e. The topological polar surface area (TPSA) is 28.7 Å². The highest BCUT2D eigenvalue weighted by Crippen LogP contribution is 2.27. The van der Waals surface area contributed by atoms with Gasteiger partial charge in [0.05, 0.1) is 5.56 Å². The van der Waals surface area contributed by atoms with E-state index in [1.807, 2.05) is 0 Å². The van der Waals surface area contributed by atoms with Crippen LogP contribution in [-0.2, 0) is 0 Å². The maximum atomic E-state index is 12.0. The molecule has 5 heteroatoms. The Morgan fingerprint density at radius 3 is 2.40 bits per heavy atom. The monoisotopic (exact) mass is 210 g/mol. The largest absolute Gasteiger partial charge is 0.281 e. The number of nitrogens with one attached hydrogen (secondary N) is 1. The van der Waals surface area contributed by atoms with Gasteiger partial charge in [-0.1, -0.05) is 0 Å². The number of halogens is 3. The summed E-state index contributed by atoms with van der Waals surface area (Å²) in [5.41, 5.74) is 0.349. The van der Waals surface area contributed by atoms with Gasteiger partial charge >= 0.3 is 0 Å². The van der Waals surface area contributed by atoms with Crippen LogP contribution in [0, 0.1) is 6.92 Å². The molecule has 0 saturated carbocycles. The molecule has 1 aromatic rings. The number of nitrogens with zero attached hydrogens (tertiary/aromatic N) is 1. The Hall–Kier alpha value is -0.450. The van der Waals surface area contributed by atoms with Crippen molar-refractivity contribution in [3.05, 3.63) is 15.9 Å². The van der Waals surface area contributed by atoms with E-state index in [2.05, 4.69) is 26.1 Å². The fourth-order valence-corrected chi connectivity index (χ4v) is 1.22. The van der Waals surface area contributed by atoms with Gasteiger partial charge in [-0.15, -0.1) is 0 Å². The fourth-order valence-electron chi connectivity index (χ4n) is 0.662. The molecule has 1 heterocycles. The van der Waals surface area contributed by atoms with Crippen molar-refractivity contribution in [1.82, 2.24) is 10.2 Å². The molecule has 0 aliphatic rings. The van der Waals surface area contributed by atoms with Crippen LogP contribution in [0.15, 0.2) is 4.60 Å². The summed E-state index contributed by atoms with van der Waals surface area (Å²) in [7, 11) is 0. The Bertz CT molecular complexity index is 214. The zero-order valence-electron chi connectivity index (χ0n) is 5.16. The molecular formula is C5H5BrF2N2. The Kier molecular flexibility index (Phi) is 2.03. The number of alkyl halides is 2. The first-order valence-corrected chi connectivity index (χ1v) is 3.40. The van der Waals surface area contributed by atoms with Crippen molar-refractivity contribution in [2.24, 2.45) is 0 Å². The molecule has 0 unspecified atom stereocenters. The quantitative estimate of drug-likeness (QED) is 0.758. The van der Waals surface area contributed by atoms with E-state index in [4.69, 9.17) is 0 Å². The third kappa shape index (κ3) is 1.18. The van der Waals surface area contributed by atoms with Crippen molar-refractivity contribution in [2.45, 2.75) is 13.3 Å². The van der Waals surface area contributed by atoms with E-state index in [1.54, 1.807) is 6.92 Å². The summed E-state index contributed by atoms with van der Waals surface area (Å²) < 4.78 is 24.3. The summed E-state index contributed by atoms with van der Waals surface area (Å²) in [6, 6.07) is 0. The predicted octanol–water partition coefficient (Wildman–Crippen LogP) is 2.42. The minimum atomic E-state index is -2.46. The van der Waals surface area contributed by atoms with Gasteiger partial charge in [-0.2, -0.15) is 5.10 Å². The van der Waals surface area contributed by atoms with Crippen LogP contribution in [0.3, 0.4) is 0 Å². The zero-order chi connectivity index (χ0) is 7.72. The van der Waals surface area contributed by atoms with Crippen molar-refractivity contribution in [3.8, 4) is 0 Å². The van der Waals surface area contributed by atoms with Crippen LogP contribution in [0.4, 0.5) is 8.78 Å². The molecule has 1 aromatic heterocycles. The van der Waals surface area contributed by atoms with E-state index in [0.29, 0.717) is 5.69 Å². The van der Waals surface area contributed by atoms with E-state index in [1.165, 1.54) is 0 Å². The van der Waals surface area contributed by atoms with Crippen LogP contribution in [0.25, 0.3) is 0 Å². The smallest absolute Gasteiger partial charge is 0.268 e. The lowest BCUT2D eigenvalue weighted by atomic mass is 10.3. The molecule has 2 nitrogen and oxygen atoms in total. The number of hydrogen-bond acceptors (Lipinski definition) is 1. The van der Waals surface area contributed by atoms with Gasteiger partial charge in [-0.25, -0.2) is 8.78 Å². The summed E-state index contributed by atoms with van der Waals surface area (Å²) >= 11 is 2.90. The molecule has 1 rings (SSSR count). The van der Waals surface area contributed by atoms with Crippen LogP contribution in [0.5, 0.6) is 0 Å². The Morgan fingerprint density at radius 2 is 2.20 bits per heavy atom. The normalized spacial score (nSPS) is 10.9. The van der Waals surface area contributed by atoms with Gasteiger partial charge in [0.1, 0.15) is 4.60 Å². The van der Waals surface area contributed by atoms with Crippen LogP contribution in [0.2, 0.25) is 0 Å². The second-order valence-corrected chi connectivity index (χ2v) is 2.60. The maximum Gasteiger partial charge on any atom is 0.268 e. The standard InChI is InChI=1S/C5H5BrF2N2/c1-2-3(5(7)8)4(6)10-9-2/h5H,1H3,(H,9,10). The molecule has 0 fully saturated rings. The predicted molar refractivity (Wildman–Crippen MR) is 36.0 cm³/mol. The lowest BCUT2D eigenvalue weighted by molar-refractivity contribution is 0.150. The Labute approximate surface area is 64.8 Å². The zero-order valence-corrected chi connectivity index (χ0v) is 6.74. The highest BCUT2D eigenvalue weighted by Gasteiger charge is 2.16. The van der Waals surface area contributed by atoms with Crippen LogP contribution in [0.1, 0.15) is 17.7 Å².